The molecule has 298 valence electrons. The lowest BCUT2D eigenvalue weighted by atomic mass is 10.1. The van der Waals surface area contributed by atoms with Crippen molar-refractivity contribution in [3.8, 4) is 34.8 Å². The Labute approximate surface area is 318 Å². The van der Waals surface area contributed by atoms with Crippen LogP contribution < -0.4 is 9.47 Å². The van der Waals surface area contributed by atoms with Gasteiger partial charge in [-0.2, -0.15) is 35.4 Å². The predicted octanol–water partition coefficient (Wildman–Crippen LogP) is 5.76. The third-order valence-corrected chi connectivity index (χ3v) is 9.94. The van der Waals surface area contributed by atoms with E-state index in [-0.39, 0.29) is 28.6 Å². The van der Waals surface area contributed by atoms with E-state index in [2.05, 4.69) is 35.7 Å². The first-order valence-corrected chi connectivity index (χ1v) is 19.1. The Hall–Kier alpha value is -6.91. The van der Waals surface area contributed by atoms with Crippen LogP contribution in [0.1, 0.15) is 10.4 Å². The molecule has 0 aliphatic carbocycles. The molecule has 8 N–H and O–H groups in total. The van der Waals surface area contributed by atoms with Crippen LogP contribution in [-0.2, 0) is 30.4 Å². The van der Waals surface area contributed by atoms with Crippen LogP contribution in [0.4, 0.5) is 34.1 Å². The van der Waals surface area contributed by atoms with Gasteiger partial charge in [0, 0.05) is 24.3 Å². The fraction of sp³-hybridized carbons (Fsp3) is 0.0667. The van der Waals surface area contributed by atoms with Gasteiger partial charge in [0.05, 0.1) is 35.8 Å². The average molecular weight is 850 g/mol. The number of phenols is 2. The number of benzene rings is 4. The van der Waals surface area contributed by atoms with Crippen molar-refractivity contribution in [2.24, 2.45) is 30.7 Å². The molecule has 5 aromatic rings. The zero-order valence-electron chi connectivity index (χ0n) is 28.3. The molecular weight excluding hydrogens is 827 g/mol. The highest BCUT2D eigenvalue weighted by atomic mass is 32.2. The summed E-state index contributed by atoms with van der Waals surface area (Å²) in [6.07, 6.45) is 0. The molecule has 0 amide bonds. The van der Waals surface area contributed by atoms with E-state index in [1.807, 2.05) is 0 Å². The number of nitrogens with zero attached hydrogens (tertiary/aromatic N) is 7. The van der Waals surface area contributed by atoms with E-state index in [4.69, 9.17) is 9.47 Å². The zero-order valence-corrected chi connectivity index (χ0v) is 30.8. The van der Waals surface area contributed by atoms with Crippen LogP contribution >= 0.6 is 0 Å². The number of hydrogen-bond donors (Lipinski definition) is 8. The molecule has 0 aliphatic heterocycles. The third kappa shape index (κ3) is 8.82. The number of fused-ring (bicyclic) bond motifs is 1. The smallest absolute Gasteiger partial charge is 0.338 e. The van der Waals surface area contributed by atoms with Gasteiger partial charge in [0.2, 0.25) is 11.8 Å². The maximum Gasteiger partial charge on any atom is 0.338 e. The molecule has 0 saturated heterocycles. The molecule has 57 heavy (non-hydrogen) atoms. The summed E-state index contributed by atoms with van der Waals surface area (Å²) in [7, 11) is -12.9. The molecule has 0 spiro atoms. The quantitative estimate of drug-likeness (QED) is 0.0546. The van der Waals surface area contributed by atoms with Gasteiger partial charge in [-0.15, -0.1) is 25.6 Å². The molecule has 24 nitrogen and oxygen atoms in total. The summed E-state index contributed by atoms with van der Waals surface area (Å²) < 4.78 is 112. The number of aromatic hydroxyl groups is 4. The summed E-state index contributed by atoms with van der Waals surface area (Å²) in [5.41, 5.74) is -3.49. The molecule has 1 heterocycles. The lowest BCUT2D eigenvalue weighted by Gasteiger charge is -2.12. The number of aromatic nitrogens is 1. The van der Waals surface area contributed by atoms with Crippen LogP contribution in [0.3, 0.4) is 0 Å². The number of carboxylic acids is 1. The highest BCUT2D eigenvalue weighted by molar-refractivity contribution is 7.86. The highest BCUT2D eigenvalue weighted by Crippen LogP contribution is 2.47. The Morgan fingerprint density at radius 1 is 0.632 bits per heavy atom. The number of aromatic carboxylic acids is 1. The molecule has 0 saturated carbocycles. The summed E-state index contributed by atoms with van der Waals surface area (Å²) in [4.78, 5) is 12.0. The minimum atomic E-state index is -5.23. The van der Waals surface area contributed by atoms with E-state index in [0.717, 1.165) is 44.6 Å². The van der Waals surface area contributed by atoms with Gasteiger partial charge < -0.3 is 35.0 Å². The Bertz CT molecular complexity index is 2940. The normalized spacial score (nSPS) is 12.6. The van der Waals surface area contributed by atoms with Crippen molar-refractivity contribution in [3.63, 3.8) is 0 Å². The molecule has 0 atom stereocenters. The molecule has 0 unspecified atom stereocenters. The molecule has 5 rings (SSSR count). The lowest BCUT2D eigenvalue weighted by Crippen LogP contribution is -2.01. The monoisotopic (exact) mass is 849 g/mol. The van der Waals surface area contributed by atoms with Crippen molar-refractivity contribution in [2.75, 3.05) is 14.2 Å². The number of phenolic OH excluding ortho intramolecular Hbond substituents is 2. The maximum absolute atomic E-state index is 12.3. The topological polar surface area (TPSA) is 387 Å². The van der Waals surface area contributed by atoms with Gasteiger partial charge in [0.15, 0.2) is 11.4 Å². The first-order valence-electron chi connectivity index (χ1n) is 14.8. The van der Waals surface area contributed by atoms with Gasteiger partial charge in [-0.1, -0.05) is 0 Å². The predicted molar refractivity (Wildman–Crippen MR) is 190 cm³/mol. The number of methoxy groups -OCH3 is 2. The number of carboxylic acid groups (broad SMARTS) is 1. The summed E-state index contributed by atoms with van der Waals surface area (Å²) >= 11 is 0. The molecule has 0 bridgehead atoms. The fourth-order valence-electron chi connectivity index (χ4n) is 4.85. The second-order valence-electron chi connectivity index (χ2n) is 11.0. The largest absolute Gasteiger partial charge is 0.507 e. The zero-order chi connectivity index (χ0) is 42.2. The average Bonchev–Trinajstić information content (AvgIpc) is 3.11. The van der Waals surface area contributed by atoms with Gasteiger partial charge in [-0.3, -0.25) is 13.7 Å². The number of pyridine rings is 1. The van der Waals surface area contributed by atoms with Crippen LogP contribution in [0, 0.1) is 0 Å². The SMILES string of the molecule is COc1cc(N=Nc2c(S(=O)(=O)O)cc3cc(S(=O)(=O)O)cc(O)c3c2O)c(OC)cc1N=Nc1ccc(N=Nc2c(C(=O)O)cc(O)nc2O)cc1S(=O)(=O)O. The van der Waals surface area contributed by atoms with Gasteiger partial charge in [0.1, 0.15) is 49.8 Å². The van der Waals surface area contributed by atoms with E-state index in [9.17, 15) is 69.2 Å². The van der Waals surface area contributed by atoms with Gasteiger partial charge >= 0.3 is 5.97 Å². The van der Waals surface area contributed by atoms with Crippen molar-refractivity contribution < 1.29 is 78.7 Å². The Morgan fingerprint density at radius 2 is 1.19 bits per heavy atom. The standard InChI is InChI=1S/C30H23N7O17S3/c1-53-20-11-18(35-37-27-23(57(50,51)52)6-12-5-14(55(44,45)46)8-19(38)25(12)28(27)40)21(54-2)10-17(20)34-33-16-4-3-13(7-22(16)56(47,48)49)32-36-26-15(30(42)43)9-24(39)31-29(26)41/h3-11,38,40H,1-2H3,(H,42,43)(H2,31,39,41)(H,44,45,46)(H,47,48,49)(H,50,51,52). The van der Waals surface area contributed by atoms with Crippen LogP contribution in [0.5, 0.6) is 34.8 Å². The second kappa shape index (κ2) is 15.3. The van der Waals surface area contributed by atoms with Crippen molar-refractivity contribution in [3.05, 3.63) is 60.2 Å². The van der Waals surface area contributed by atoms with E-state index in [1.54, 1.807) is 0 Å². The van der Waals surface area contributed by atoms with Gasteiger partial charge in [-0.05, 0) is 35.7 Å². The summed E-state index contributed by atoms with van der Waals surface area (Å²) in [6.45, 7) is 0. The number of ether oxygens (including phenoxy) is 2. The molecule has 27 heteroatoms. The number of azo groups is 3. The second-order valence-corrected chi connectivity index (χ2v) is 15.2. The number of rotatable bonds is 12. The third-order valence-electron chi connectivity index (χ3n) is 7.36. The lowest BCUT2D eigenvalue weighted by molar-refractivity contribution is 0.0696. The molecule has 0 aliphatic rings. The van der Waals surface area contributed by atoms with Crippen molar-refractivity contribution in [1.82, 2.24) is 4.98 Å². The Kier molecular flexibility index (Phi) is 11.1. The highest BCUT2D eigenvalue weighted by Gasteiger charge is 2.26. The number of carbonyl (C=O) groups is 1. The first kappa shape index (κ1) is 41.3. The summed E-state index contributed by atoms with van der Waals surface area (Å²) in [5.74, 6) is -5.81. The molecule has 1 aromatic heterocycles. The molecule has 0 radical (unpaired) electrons. The van der Waals surface area contributed by atoms with Crippen LogP contribution in [0.15, 0.2) is 100.0 Å². The number of hydrogen-bond acceptors (Lipinski definition) is 20. The Balaban J connectivity index is 1.55. The molecule has 4 aromatic carbocycles. The van der Waals surface area contributed by atoms with Crippen molar-refractivity contribution in [2.45, 2.75) is 14.7 Å². The maximum atomic E-state index is 12.3. The first-order chi connectivity index (χ1) is 26.5. The summed E-state index contributed by atoms with van der Waals surface area (Å²) in [6, 6.07) is 7.77. The van der Waals surface area contributed by atoms with Gasteiger partial charge in [0.25, 0.3) is 30.4 Å². The van der Waals surface area contributed by atoms with Crippen LogP contribution in [-0.4, -0.2) is 89.6 Å². The van der Waals surface area contributed by atoms with Crippen LogP contribution in [0.2, 0.25) is 0 Å². The summed E-state index contributed by atoms with van der Waals surface area (Å²) in [5, 5.41) is 71.8. The van der Waals surface area contributed by atoms with Crippen LogP contribution in [0.25, 0.3) is 10.8 Å². The van der Waals surface area contributed by atoms with Gasteiger partial charge in [-0.25, -0.2) is 4.79 Å². The van der Waals surface area contributed by atoms with Crippen molar-refractivity contribution in [1.29, 1.82) is 0 Å². The van der Waals surface area contributed by atoms with E-state index >= 15 is 0 Å². The minimum absolute atomic E-state index is 0.156. The minimum Gasteiger partial charge on any atom is -0.507 e. The molecule has 0 fully saturated rings. The van der Waals surface area contributed by atoms with E-state index in [1.165, 1.54) is 0 Å². The molecular formula is C30H23N7O17S3. The fourth-order valence-corrected chi connectivity index (χ4v) is 6.69. The van der Waals surface area contributed by atoms with E-state index in [0.29, 0.717) is 24.3 Å². The Morgan fingerprint density at radius 3 is 1.74 bits per heavy atom. The van der Waals surface area contributed by atoms with Crippen molar-refractivity contribution >= 4 is 81.2 Å². The van der Waals surface area contributed by atoms with E-state index < -0.39 is 108 Å².